The molecule has 104 valence electrons. The Morgan fingerprint density at radius 1 is 1.58 bits per heavy atom. The molecule has 6 heteroatoms. The van der Waals surface area contributed by atoms with Crippen LogP contribution in [-0.2, 0) is 24.9 Å². The van der Waals surface area contributed by atoms with Gasteiger partial charge < -0.3 is 19.6 Å². The molecule has 2 N–H and O–H groups in total. The number of rotatable bonds is 8. The van der Waals surface area contributed by atoms with Crippen LogP contribution < -0.4 is 5.32 Å². The third kappa shape index (κ3) is 4.86. The lowest BCUT2D eigenvalue weighted by molar-refractivity contribution is 0.0226. The molecule has 0 spiro atoms. The van der Waals surface area contributed by atoms with E-state index in [9.17, 15) is 5.11 Å². The molecule has 0 saturated heterocycles. The Labute approximate surface area is 112 Å². The van der Waals surface area contributed by atoms with Gasteiger partial charge in [-0.05, 0) is 12.1 Å². The van der Waals surface area contributed by atoms with E-state index in [0.29, 0.717) is 19.7 Å². The number of hydrogen-bond acceptors (Lipinski definition) is 5. The number of nitrogens with one attached hydrogen (secondary N) is 1. The van der Waals surface area contributed by atoms with E-state index >= 15 is 0 Å². The number of ether oxygens (including phenoxy) is 1. The SMILES string of the molecule is Cn1cc(CNCC(O)COCc2ccco2)cn1. The van der Waals surface area contributed by atoms with Crippen LogP contribution in [0.3, 0.4) is 0 Å². The highest BCUT2D eigenvalue weighted by molar-refractivity contribution is 5.02. The third-order valence-corrected chi connectivity index (χ3v) is 2.60. The van der Waals surface area contributed by atoms with Crippen molar-refractivity contribution in [3.8, 4) is 0 Å². The van der Waals surface area contributed by atoms with Gasteiger partial charge in [-0.2, -0.15) is 5.10 Å². The summed E-state index contributed by atoms with van der Waals surface area (Å²) in [7, 11) is 1.88. The maximum Gasteiger partial charge on any atom is 0.129 e. The van der Waals surface area contributed by atoms with Crippen molar-refractivity contribution in [3.05, 3.63) is 42.1 Å². The van der Waals surface area contributed by atoms with Gasteiger partial charge in [0.25, 0.3) is 0 Å². The number of hydrogen-bond donors (Lipinski definition) is 2. The minimum Gasteiger partial charge on any atom is -0.467 e. The topological polar surface area (TPSA) is 72.5 Å². The largest absolute Gasteiger partial charge is 0.467 e. The van der Waals surface area contributed by atoms with Crippen molar-refractivity contribution in [1.82, 2.24) is 15.1 Å². The van der Waals surface area contributed by atoms with E-state index in [-0.39, 0.29) is 6.61 Å². The van der Waals surface area contributed by atoms with Crippen LogP contribution in [0.1, 0.15) is 11.3 Å². The highest BCUT2D eigenvalue weighted by Crippen LogP contribution is 2.02. The fourth-order valence-electron chi connectivity index (χ4n) is 1.70. The Kier molecular flexibility index (Phi) is 5.14. The van der Waals surface area contributed by atoms with Crippen molar-refractivity contribution in [2.45, 2.75) is 19.3 Å². The van der Waals surface area contributed by atoms with Gasteiger partial charge in [0.2, 0.25) is 0 Å². The first-order valence-corrected chi connectivity index (χ1v) is 6.20. The number of aliphatic hydroxyl groups excluding tert-OH is 1. The summed E-state index contributed by atoms with van der Waals surface area (Å²) in [6.07, 6.45) is 4.80. The van der Waals surface area contributed by atoms with Crippen LogP contribution >= 0.6 is 0 Å². The molecule has 0 bridgehead atoms. The Morgan fingerprint density at radius 2 is 2.47 bits per heavy atom. The normalized spacial score (nSPS) is 12.7. The Balaban J connectivity index is 1.55. The number of aromatic nitrogens is 2. The molecule has 0 aliphatic carbocycles. The molecule has 0 radical (unpaired) electrons. The molecule has 0 saturated carbocycles. The van der Waals surface area contributed by atoms with Crippen molar-refractivity contribution in [2.24, 2.45) is 7.05 Å². The summed E-state index contributed by atoms with van der Waals surface area (Å²) in [6, 6.07) is 3.65. The van der Waals surface area contributed by atoms with Gasteiger partial charge in [-0.3, -0.25) is 4.68 Å². The van der Waals surface area contributed by atoms with Crippen molar-refractivity contribution in [3.63, 3.8) is 0 Å². The number of nitrogens with zero attached hydrogens (tertiary/aromatic N) is 2. The number of aliphatic hydroxyl groups is 1. The lowest BCUT2D eigenvalue weighted by atomic mass is 10.3. The van der Waals surface area contributed by atoms with Crippen LogP contribution in [0.25, 0.3) is 0 Å². The second-order valence-corrected chi connectivity index (χ2v) is 4.40. The first-order valence-electron chi connectivity index (χ1n) is 6.20. The summed E-state index contributed by atoms with van der Waals surface area (Å²) >= 11 is 0. The zero-order chi connectivity index (χ0) is 13.5. The van der Waals surface area contributed by atoms with Gasteiger partial charge in [0.05, 0.1) is 25.2 Å². The zero-order valence-corrected chi connectivity index (χ0v) is 11.0. The lowest BCUT2D eigenvalue weighted by Crippen LogP contribution is -2.29. The van der Waals surface area contributed by atoms with Crippen molar-refractivity contribution < 1.29 is 14.3 Å². The van der Waals surface area contributed by atoms with E-state index in [1.807, 2.05) is 25.4 Å². The molecule has 1 unspecified atom stereocenters. The summed E-state index contributed by atoms with van der Waals surface area (Å²) in [6.45, 7) is 1.82. The third-order valence-electron chi connectivity index (χ3n) is 2.60. The maximum absolute atomic E-state index is 9.72. The van der Waals surface area contributed by atoms with E-state index < -0.39 is 6.10 Å². The monoisotopic (exact) mass is 265 g/mol. The minimum atomic E-state index is -0.536. The Bertz CT molecular complexity index is 467. The molecule has 2 aromatic rings. The number of furan rings is 1. The molecule has 6 nitrogen and oxygen atoms in total. The first kappa shape index (κ1) is 13.8. The fraction of sp³-hybridized carbons (Fsp3) is 0.462. The van der Waals surface area contributed by atoms with Crippen molar-refractivity contribution in [2.75, 3.05) is 13.2 Å². The molecule has 2 rings (SSSR count). The van der Waals surface area contributed by atoms with Gasteiger partial charge in [0, 0.05) is 31.9 Å². The highest BCUT2D eigenvalue weighted by Gasteiger charge is 2.05. The predicted octanol–water partition coefficient (Wildman–Crippen LogP) is 0.680. The summed E-state index contributed by atoms with van der Waals surface area (Å²) in [4.78, 5) is 0. The molecule has 1 atom stereocenters. The van der Waals surface area contributed by atoms with Gasteiger partial charge in [-0.1, -0.05) is 0 Å². The van der Waals surface area contributed by atoms with Crippen LogP contribution in [0.2, 0.25) is 0 Å². The molecular weight excluding hydrogens is 246 g/mol. The van der Waals surface area contributed by atoms with E-state index in [1.165, 1.54) is 0 Å². The predicted molar refractivity (Wildman–Crippen MR) is 69.3 cm³/mol. The van der Waals surface area contributed by atoms with E-state index in [1.54, 1.807) is 17.1 Å². The second-order valence-electron chi connectivity index (χ2n) is 4.40. The molecule has 0 aliphatic heterocycles. The molecule has 2 heterocycles. The quantitative estimate of drug-likeness (QED) is 0.734. The Morgan fingerprint density at radius 3 is 3.16 bits per heavy atom. The molecule has 0 aromatic carbocycles. The van der Waals surface area contributed by atoms with Gasteiger partial charge in [0.1, 0.15) is 12.4 Å². The van der Waals surface area contributed by atoms with E-state index in [2.05, 4.69) is 10.4 Å². The van der Waals surface area contributed by atoms with Gasteiger partial charge >= 0.3 is 0 Å². The van der Waals surface area contributed by atoms with Crippen LogP contribution in [0, 0.1) is 0 Å². The van der Waals surface area contributed by atoms with Crippen LogP contribution in [0.4, 0.5) is 0 Å². The van der Waals surface area contributed by atoms with Gasteiger partial charge in [-0.25, -0.2) is 0 Å². The molecule has 0 fully saturated rings. The lowest BCUT2D eigenvalue weighted by Gasteiger charge is -2.11. The summed E-state index contributed by atoms with van der Waals surface area (Å²) < 4.78 is 12.2. The van der Waals surface area contributed by atoms with Crippen molar-refractivity contribution >= 4 is 0 Å². The molecule has 2 aromatic heterocycles. The van der Waals surface area contributed by atoms with E-state index in [4.69, 9.17) is 9.15 Å². The average molecular weight is 265 g/mol. The first-order chi connectivity index (χ1) is 9.24. The highest BCUT2D eigenvalue weighted by atomic mass is 16.5. The van der Waals surface area contributed by atoms with Gasteiger partial charge in [0.15, 0.2) is 0 Å². The fourth-order valence-corrected chi connectivity index (χ4v) is 1.70. The van der Waals surface area contributed by atoms with Crippen LogP contribution in [-0.4, -0.2) is 34.1 Å². The number of aryl methyl sites for hydroxylation is 1. The second kappa shape index (κ2) is 7.08. The summed E-state index contributed by atoms with van der Waals surface area (Å²) in [5.74, 6) is 0.760. The maximum atomic E-state index is 9.72. The smallest absolute Gasteiger partial charge is 0.129 e. The summed E-state index contributed by atoms with van der Waals surface area (Å²) in [5, 5.41) is 16.9. The van der Waals surface area contributed by atoms with E-state index in [0.717, 1.165) is 11.3 Å². The van der Waals surface area contributed by atoms with Gasteiger partial charge in [-0.15, -0.1) is 0 Å². The van der Waals surface area contributed by atoms with Crippen LogP contribution in [0.15, 0.2) is 35.2 Å². The van der Waals surface area contributed by atoms with Crippen LogP contribution in [0.5, 0.6) is 0 Å². The Hall–Kier alpha value is -1.63. The summed E-state index contributed by atoms with van der Waals surface area (Å²) in [5.41, 5.74) is 1.09. The molecular formula is C13H19N3O3. The average Bonchev–Trinajstić information content (AvgIpc) is 3.01. The van der Waals surface area contributed by atoms with Crippen molar-refractivity contribution in [1.29, 1.82) is 0 Å². The standard InChI is InChI=1S/C13H19N3O3/c1-16-8-11(6-15-16)5-14-7-12(17)9-18-10-13-3-2-4-19-13/h2-4,6,8,12,14,17H,5,7,9-10H2,1H3. The minimum absolute atomic E-state index is 0.279. The molecule has 0 amide bonds. The molecule has 19 heavy (non-hydrogen) atoms. The molecule has 0 aliphatic rings. The zero-order valence-electron chi connectivity index (χ0n) is 11.0.